The summed E-state index contributed by atoms with van der Waals surface area (Å²) in [5.74, 6) is 0.420. The molecule has 0 radical (unpaired) electrons. The van der Waals surface area contributed by atoms with Gasteiger partial charge in [0, 0.05) is 25.8 Å². The molecule has 5 nitrogen and oxygen atoms in total. The van der Waals surface area contributed by atoms with Gasteiger partial charge in [-0.1, -0.05) is 18.6 Å². The number of nitrogens with one attached hydrogen (secondary N) is 1. The van der Waals surface area contributed by atoms with Crippen LogP contribution in [0.3, 0.4) is 0 Å². The van der Waals surface area contributed by atoms with Gasteiger partial charge < -0.3 is 5.32 Å². The molecule has 0 saturated carbocycles. The maximum absolute atomic E-state index is 11.9. The van der Waals surface area contributed by atoms with Crippen LogP contribution in [-0.2, 0) is 0 Å². The van der Waals surface area contributed by atoms with Gasteiger partial charge in [-0.05, 0) is 38.3 Å². The lowest BCUT2D eigenvalue weighted by molar-refractivity contribution is 0.0942. The van der Waals surface area contributed by atoms with Gasteiger partial charge in [-0.25, -0.2) is 9.97 Å². The highest BCUT2D eigenvalue weighted by atomic mass is 16.1. The zero-order valence-electron chi connectivity index (χ0n) is 12.9. The Balaban J connectivity index is 1.73. The van der Waals surface area contributed by atoms with E-state index in [0.29, 0.717) is 11.6 Å². The number of carbonyl (C=O) groups excluding carboxylic acids is 1. The fourth-order valence-corrected chi connectivity index (χ4v) is 2.74. The number of likely N-dealkylation sites (tertiary alicyclic amines) is 1. The van der Waals surface area contributed by atoms with Crippen LogP contribution in [0.5, 0.6) is 0 Å². The molecule has 5 heteroatoms. The van der Waals surface area contributed by atoms with Gasteiger partial charge in [0.1, 0.15) is 12.0 Å². The third-order valence-electron chi connectivity index (χ3n) is 3.76. The molecule has 1 aromatic rings. The van der Waals surface area contributed by atoms with E-state index >= 15 is 0 Å². The Hall–Kier alpha value is -1.75. The van der Waals surface area contributed by atoms with Crippen molar-refractivity contribution >= 4 is 5.91 Å². The van der Waals surface area contributed by atoms with Gasteiger partial charge in [0.05, 0.1) is 0 Å². The van der Waals surface area contributed by atoms with Gasteiger partial charge in [-0.3, -0.25) is 9.69 Å². The Morgan fingerprint density at radius 3 is 3.14 bits per heavy atom. The summed E-state index contributed by atoms with van der Waals surface area (Å²) in [5, 5.41) is 2.97. The SMILES string of the molecule is CC/C=C(\C)CN1CC[C@H](CNC(=O)c2ccncn2)C1. The van der Waals surface area contributed by atoms with Crippen LogP contribution in [0.1, 0.15) is 37.2 Å². The first-order valence-electron chi connectivity index (χ1n) is 7.61. The largest absolute Gasteiger partial charge is 0.350 e. The number of aromatic nitrogens is 2. The van der Waals surface area contributed by atoms with Gasteiger partial charge in [0.2, 0.25) is 0 Å². The Labute approximate surface area is 126 Å². The van der Waals surface area contributed by atoms with Crippen LogP contribution in [0.4, 0.5) is 0 Å². The molecule has 114 valence electrons. The molecular formula is C16H24N4O. The molecule has 2 rings (SSSR count). The van der Waals surface area contributed by atoms with E-state index in [1.54, 1.807) is 12.3 Å². The molecule has 0 aromatic carbocycles. The van der Waals surface area contributed by atoms with Gasteiger partial charge in [-0.2, -0.15) is 0 Å². The lowest BCUT2D eigenvalue weighted by atomic mass is 10.1. The topological polar surface area (TPSA) is 58.1 Å². The second-order valence-corrected chi connectivity index (χ2v) is 5.65. The smallest absolute Gasteiger partial charge is 0.270 e. The summed E-state index contributed by atoms with van der Waals surface area (Å²) in [4.78, 5) is 22.2. The Bertz CT molecular complexity index is 486. The van der Waals surface area contributed by atoms with E-state index in [1.165, 1.54) is 11.9 Å². The van der Waals surface area contributed by atoms with Crippen LogP contribution in [0.15, 0.2) is 30.2 Å². The fraction of sp³-hybridized carbons (Fsp3) is 0.562. The van der Waals surface area contributed by atoms with Crippen LogP contribution in [-0.4, -0.2) is 47.0 Å². The first-order valence-corrected chi connectivity index (χ1v) is 7.61. The van der Waals surface area contributed by atoms with Gasteiger partial charge in [0.25, 0.3) is 5.91 Å². The number of hydrogen-bond acceptors (Lipinski definition) is 4. The van der Waals surface area contributed by atoms with Crippen molar-refractivity contribution in [3.05, 3.63) is 35.9 Å². The van der Waals surface area contributed by atoms with Crippen molar-refractivity contribution in [1.82, 2.24) is 20.2 Å². The van der Waals surface area contributed by atoms with Gasteiger partial charge in [0.15, 0.2) is 0 Å². The van der Waals surface area contributed by atoms with Crippen molar-refractivity contribution in [3.8, 4) is 0 Å². The summed E-state index contributed by atoms with van der Waals surface area (Å²) in [5.41, 5.74) is 1.87. The van der Waals surface area contributed by atoms with E-state index in [2.05, 4.69) is 40.1 Å². The summed E-state index contributed by atoms with van der Waals surface area (Å²) < 4.78 is 0. The van der Waals surface area contributed by atoms with Gasteiger partial charge >= 0.3 is 0 Å². The number of rotatable bonds is 6. The zero-order chi connectivity index (χ0) is 15.1. The third kappa shape index (κ3) is 4.93. The Morgan fingerprint density at radius 2 is 2.43 bits per heavy atom. The summed E-state index contributed by atoms with van der Waals surface area (Å²) in [6.45, 7) is 8.29. The van der Waals surface area contributed by atoms with E-state index in [-0.39, 0.29) is 5.91 Å². The first-order chi connectivity index (χ1) is 10.2. The number of allylic oxidation sites excluding steroid dienone is 1. The average molecular weight is 288 g/mol. The maximum atomic E-state index is 11.9. The summed E-state index contributed by atoms with van der Waals surface area (Å²) >= 11 is 0. The second-order valence-electron chi connectivity index (χ2n) is 5.65. The molecule has 1 aromatic heterocycles. The van der Waals surface area contributed by atoms with Crippen LogP contribution in [0.25, 0.3) is 0 Å². The zero-order valence-corrected chi connectivity index (χ0v) is 12.9. The highest BCUT2D eigenvalue weighted by Crippen LogP contribution is 2.16. The van der Waals surface area contributed by atoms with Crippen molar-refractivity contribution in [3.63, 3.8) is 0 Å². The summed E-state index contributed by atoms with van der Waals surface area (Å²) in [6.07, 6.45) is 7.50. The molecular weight excluding hydrogens is 264 g/mol. The lowest BCUT2D eigenvalue weighted by Crippen LogP contribution is -2.31. The minimum atomic E-state index is -0.113. The number of hydrogen-bond donors (Lipinski definition) is 1. The van der Waals surface area contributed by atoms with Crippen LogP contribution in [0.2, 0.25) is 0 Å². The standard InChI is InChI=1S/C16H24N4O/c1-3-4-13(2)10-20-8-6-14(11-20)9-18-16(21)15-5-7-17-12-19-15/h4-5,7,12,14H,3,6,8-11H2,1-2H3,(H,18,21)/b13-4+/t14-/m1/s1. The molecule has 1 aliphatic rings. The van der Waals surface area contributed by atoms with E-state index < -0.39 is 0 Å². The van der Waals surface area contributed by atoms with Crippen LogP contribution in [0, 0.1) is 5.92 Å². The van der Waals surface area contributed by atoms with E-state index in [9.17, 15) is 4.79 Å². The van der Waals surface area contributed by atoms with Crippen molar-refractivity contribution in [2.75, 3.05) is 26.2 Å². The normalized spacial score (nSPS) is 19.7. The molecule has 1 fully saturated rings. The molecule has 0 bridgehead atoms. The Morgan fingerprint density at radius 1 is 1.57 bits per heavy atom. The predicted octanol–water partition coefficient (Wildman–Crippen LogP) is 1.88. The quantitative estimate of drug-likeness (QED) is 0.812. The Kier molecular flexibility index (Phi) is 5.87. The third-order valence-corrected chi connectivity index (χ3v) is 3.76. The average Bonchev–Trinajstić information content (AvgIpc) is 2.93. The molecule has 1 atom stereocenters. The molecule has 1 saturated heterocycles. The highest BCUT2D eigenvalue weighted by molar-refractivity contribution is 5.92. The van der Waals surface area contributed by atoms with Crippen LogP contribution < -0.4 is 5.32 Å². The monoisotopic (exact) mass is 288 g/mol. The molecule has 21 heavy (non-hydrogen) atoms. The fourth-order valence-electron chi connectivity index (χ4n) is 2.74. The lowest BCUT2D eigenvalue weighted by Gasteiger charge is -2.16. The van der Waals surface area contributed by atoms with Gasteiger partial charge in [-0.15, -0.1) is 0 Å². The summed E-state index contributed by atoms with van der Waals surface area (Å²) in [6, 6.07) is 1.63. The number of nitrogens with zero attached hydrogens (tertiary/aromatic N) is 3. The predicted molar refractivity (Wildman–Crippen MR) is 83.0 cm³/mol. The second kappa shape index (κ2) is 7.88. The van der Waals surface area contributed by atoms with E-state index in [4.69, 9.17) is 0 Å². The molecule has 0 spiro atoms. The maximum Gasteiger partial charge on any atom is 0.270 e. The van der Waals surface area contributed by atoms with E-state index in [1.807, 2.05) is 0 Å². The number of amides is 1. The van der Waals surface area contributed by atoms with Crippen LogP contribution >= 0.6 is 0 Å². The molecule has 0 aliphatic carbocycles. The molecule has 1 aliphatic heterocycles. The molecule has 1 N–H and O–H groups in total. The van der Waals surface area contributed by atoms with Crippen molar-refractivity contribution in [1.29, 1.82) is 0 Å². The molecule has 2 heterocycles. The number of carbonyl (C=O) groups is 1. The minimum absolute atomic E-state index is 0.113. The summed E-state index contributed by atoms with van der Waals surface area (Å²) in [7, 11) is 0. The van der Waals surface area contributed by atoms with Crippen molar-refractivity contribution in [2.45, 2.75) is 26.7 Å². The van der Waals surface area contributed by atoms with Crippen molar-refractivity contribution in [2.24, 2.45) is 5.92 Å². The minimum Gasteiger partial charge on any atom is -0.350 e. The molecule has 0 unspecified atom stereocenters. The highest BCUT2D eigenvalue weighted by Gasteiger charge is 2.22. The molecule has 1 amide bonds. The van der Waals surface area contributed by atoms with E-state index in [0.717, 1.165) is 39.0 Å². The first kappa shape index (κ1) is 15.6. The van der Waals surface area contributed by atoms with Crippen molar-refractivity contribution < 1.29 is 4.79 Å².